The summed E-state index contributed by atoms with van der Waals surface area (Å²) in [5.41, 5.74) is 0. The van der Waals surface area contributed by atoms with Crippen LogP contribution in [0.25, 0.3) is 0 Å². The Morgan fingerprint density at radius 1 is 1.44 bits per heavy atom. The van der Waals surface area contributed by atoms with Gasteiger partial charge in [-0.15, -0.1) is 0 Å². The first-order valence-corrected chi connectivity index (χ1v) is 5.63. The van der Waals surface area contributed by atoms with Crippen LogP contribution >= 0.6 is 0 Å². The maximum absolute atomic E-state index is 5.23. The molecule has 0 atom stereocenters. The molecule has 0 radical (unpaired) electrons. The van der Waals surface area contributed by atoms with E-state index in [1.165, 1.54) is 12.8 Å². The second kappa shape index (κ2) is 7.92. The van der Waals surface area contributed by atoms with E-state index in [-0.39, 0.29) is 9.76 Å². The van der Waals surface area contributed by atoms with Crippen LogP contribution in [0.3, 0.4) is 0 Å². The molecule has 2 heteroatoms. The van der Waals surface area contributed by atoms with E-state index in [1.54, 1.807) is 0 Å². The first-order chi connectivity index (χ1) is 4.41. The maximum atomic E-state index is 5.23. The van der Waals surface area contributed by atoms with E-state index >= 15 is 0 Å². The van der Waals surface area contributed by atoms with Crippen molar-refractivity contribution < 1.29 is 4.43 Å². The van der Waals surface area contributed by atoms with E-state index in [0.717, 1.165) is 6.61 Å². The molecule has 0 bridgehead atoms. The van der Waals surface area contributed by atoms with E-state index in [4.69, 9.17) is 4.43 Å². The van der Waals surface area contributed by atoms with Gasteiger partial charge in [0.2, 0.25) is 0 Å². The number of hydrogen-bond donors (Lipinski definition) is 0. The van der Waals surface area contributed by atoms with Gasteiger partial charge in [0.1, 0.15) is 0 Å². The summed E-state index contributed by atoms with van der Waals surface area (Å²) >= 11 is 0. The number of unbranched alkanes of at least 4 members (excludes halogenated alkanes) is 1. The zero-order valence-electron chi connectivity index (χ0n) is 6.39. The Labute approximate surface area is 60.1 Å². The third kappa shape index (κ3) is 7.92. The molecular weight excluding hydrogens is 128 g/mol. The summed E-state index contributed by atoms with van der Waals surface area (Å²) in [7, 11) is -0.172. The molecule has 0 aromatic heterocycles. The van der Waals surface area contributed by atoms with Crippen molar-refractivity contribution in [2.24, 2.45) is 0 Å². The van der Waals surface area contributed by atoms with Crippen LogP contribution in [0.15, 0.2) is 12.2 Å². The highest BCUT2D eigenvalue weighted by Crippen LogP contribution is 1.87. The largest absolute Gasteiger partial charge is 0.421 e. The first-order valence-electron chi connectivity index (χ1n) is 3.64. The number of rotatable bonds is 5. The van der Waals surface area contributed by atoms with Crippen LogP contribution < -0.4 is 0 Å². The monoisotopic (exact) mass is 144 g/mol. The Bertz CT molecular complexity index is 71.3. The van der Waals surface area contributed by atoms with Crippen LogP contribution in [0.2, 0.25) is 6.55 Å². The third-order valence-corrected chi connectivity index (χ3v) is 1.68. The van der Waals surface area contributed by atoms with Crippen molar-refractivity contribution in [3.8, 4) is 0 Å². The van der Waals surface area contributed by atoms with Crippen LogP contribution in [0.4, 0.5) is 0 Å². The second-order valence-electron chi connectivity index (χ2n) is 1.92. The SMILES string of the molecule is CCCC=CCO[SiH2]C. The highest BCUT2D eigenvalue weighted by Gasteiger charge is 1.75. The van der Waals surface area contributed by atoms with E-state index < -0.39 is 0 Å². The van der Waals surface area contributed by atoms with Gasteiger partial charge in [-0.1, -0.05) is 32.0 Å². The zero-order chi connectivity index (χ0) is 6.95. The smallest absolute Gasteiger partial charge is 0.158 e. The fourth-order valence-electron chi connectivity index (χ4n) is 0.538. The fraction of sp³-hybridized carbons (Fsp3) is 0.714. The van der Waals surface area contributed by atoms with E-state index in [1.807, 2.05) is 0 Å². The summed E-state index contributed by atoms with van der Waals surface area (Å²) in [6.45, 7) is 5.16. The van der Waals surface area contributed by atoms with Gasteiger partial charge in [-0.25, -0.2) is 0 Å². The van der Waals surface area contributed by atoms with Crippen molar-refractivity contribution in [2.45, 2.75) is 26.3 Å². The van der Waals surface area contributed by atoms with E-state index in [0.29, 0.717) is 0 Å². The summed E-state index contributed by atoms with van der Waals surface area (Å²) < 4.78 is 5.23. The standard InChI is InChI=1S/C7H16OSi/c1-3-4-5-6-7-8-9-2/h5-6H,3-4,7,9H2,1-2H3. The molecule has 9 heavy (non-hydrogen) atoms. The molecule has 0 aromatic rings. The zero-order valence-corrected chi connectivity index (χ0v) is 7.81. The molecular formula is C7H16OSi. The molecule has 0 spiro atoms. The molecule has 0 amide bonds. The average Bonchev–Trinajstić information content (AvgIpc) is 1.89. The summed E-state index contributed by atoms with van der Waals surface area (Å²) in [4.78, 5) is 0. The molecule has 0 aliphatic rings. The summed E-state index contributed by atoms with van der Waals surface area (Å²) in [6.07, 6.45) is 6.72. The van der Waals surface area contributed by atoms with Crippen molar-refractivity contribution in [3.63, 3.8) is 0 Å². The van der Waals surface area contributed by atoms with Crippen LogP contribution in [-0.4, -0.2) is 16.4 Å². The molecule has 0 heterocycles. The molecule has 0 saturated heterocycles. The molecule has 0 aliphatic heterocycles. The summed E-state index contributed by atoms with van der Waals surface area (Å²) in [6, 6.07) is 0. The molecule has 0 aromatic carbocycles. The van der Waals surface area contributed by atoms with Gasteiger partial charge in [0.15, 0.2) is 9.76 Å². The highest BCUT2D eigenvalue weighted by atomic mass is 28.2. The third-order valence-electron chi connectivity index (χ3n) is 1.04. The lowest BCUT2D eigenvalue weighted by atomic mass is 10.3. The van der Waals surface area contributed by atoms with Crippen LogP contribution in [-0.2, 0) is 4.43 Å². The van der Waals surface area contributed by atoms with Crippen molar-refractivity contribution in [2.75, 3.05) is 6.61 Å². The van der Waals surface area contributed by atoms with Gasteiger partial charge in [-0.3, -0.25) is 0 Å². The Kier molecular flexibility index (Phi) is 7.84. The van der Waals surface area contributed by atoms with Crippen LogP contribution in [0.1, 0.15) is 19.8 Å². The van der Waals surface area contributed by atoms with Gasteiger partial charge < -0.3 is 4.43 Å². The van der Waals surface area contributed by atoms with Gasteiger partial charge >= 0.3 is 0 Å². The lowest BCUT2D eigenvalue weighted by Gasteiger charge is -1.91. The van der Waals surface area contributed by atoms with Gasteiger partial charge in [0, 0.05) is 0 Å². The topological polar surface area (TPSA) is 9.23 Å². The second-order valence-corrected chi connectivity index (χ2v) is 2.91. The Morgan fingerprint density at radius 2 is 2.22 bits per heavy atom. The van der Waals surface area contributed by atoms with Gasteiger partial charge in [-0.05, 0) is 6.42 Å². The Hall–Kier alpha value is -0.0831. The molecule has 54 valence electrons. The molecule has 0 unspecified atom stereocenters. The fourth-order valence-corrected chi connectivity index (χ4v) is 0.910. The average molecular weight is 144 g/mol. The van der Waals surface area contributed by atoms with Crippen molar-refractivity contribution in [1.29, 1.82) is 0 Å². The molecule has 0 saturated carbocycles. The van der Waals surface area contributed by atoms with Gasteiger partial charge in [0.05, 0.1) is 6.61 Å². The maximum Gasteiger partial charge on any atom is 0.158 e. The minimum atomic E-state index is -0.172. The number of hydrogen-bond acceptors (Lipinski definition) is 1. The molecule has 0 aliphatic carbocycles. The lowest BCUT2D eigenvalue weighted by Crippen LogP contribution is -1.91. The predicted molar refractivity (Wildman–Crippen MR) is 44.4 cm³/mol. The van der Waals surface area contributed by atoms with Crippen molar-refractivity contribution in [3.05, 3.63) is 12.2 Å². The Balaban J connectivity index is 2.86. The lowest BCUT2D eigenvalue weighted by molar-refractivity contribution is 0.388. The van der Waals surface area contributed by atoms with Crippen molar-refractivity contribution in [1.82, 2.24) is 0 Å². The van der Waals surface area contributed by atoms with E-state index in [2.05, 4.69) is 25.6 Å². The summed E-state index contributed by atoms with van der Waals surface area (Å²) in [5, 5.41) is 0. The minimum absolute atomic E-state index is 0.172. The minimum Gasteiger partial charge on any atom is -0.421 e. The van der Waals surface area contributed by atoms with Gasteiger partial charge in [0.25, 0.3) is 0 Å². The summed E-state index contributed by atoms with van der Waals surface area (Å²) in [5.74, 6) is 0. The molecule has 1 nitrogen and oxygen atoms in total. The Morgan fingerprint density at radius 3 is 2.78 bits per heavy atom. The van der Waals surface area contributed by atoms with Crippen LogP contribution in [0, 0.1) is 0 Å². The first kappa shape index (κ1) is 8.92. The van der Waals surface area contributed by atoms with Gasteiger partial charge in [-0.2, -0.15) is 0 Å². The van der Waals surface area contributed by atoms with E-state index in [9.17, 15) is 0 Å². The predicted octanol–water partition coefficient (Wildman–Crippen LogP) is 1.49. The molecule has 0 N–H and O–H groups in total. The quantitative estimate of drug-likeness (QED) is 0.323. The van der Waals surface area contributed by atoms with Crippen molar-refractivity contribution >= 4 is 9.76 Å². The molecule has 0 fully saturated rings. The highest BCUT2D eigenvalue weighted by molar-refractivity contribution is 6.24. The normalized spacial score (nSPS) is 12.2. The number of allylic oxidation sites excluding steroid dienone is 1. The van der Waals surface area contributed by atoms with Crippen LogP contribution in [0.5, 0.6) is 0 Å². The molecule has 0 rings (SSSR count).